The molecule has 0 aromatic carbocycles. The predicted molar refractivity (Wildman–Crippen MR) is 67.5 cm³/mol. The normalized spacial score (nSPS) is 13.2. The van der Waals surface area contributed by atoms with E-state index in [0.29, 0.717) is 5.92 Å². The first-order valence-corrected chi connectivity index (χ1v) is 6.32. The summed E-state index contributed by atoms with van der Waals surface area (Å²) in [6, 6.07) is 0. The molecule has 17 heavy (non-hydrogen) atoms. The van der Waals surface area contributed by atoms with E-state index in [0.717, 1.165) is 50.5 Å². The fraction of sp³-hybridized carbons (Fsp3) is 0.833. The van der Waals surface area contributed by atoms with E-state index in [2.05, 4.69) is 17.1 Å². The van der Waals surface area contributed by atoms with E-state index in [-0.39, 0.29) is 0 Å². The van der Waals surface area contributed by atoms with Crippen molar-refractivity contribution in [1.29, 1.82) is 0 Å². The van der Waals surface area contributed by atoms with Crippen LogP contribution in [0.3, 0.4) is 0 Å². The third kappa shape index (κ3) is 5.28. The van der Waals surface area contributed by atoms with Crippen molar-refractivity contribution in [2.45, 2.75) is 39.2 Å². The molecular weight excluding hydrogens is 216 g/mol. The Bertz CT molecular complexity index is 311. The van der Waals surface area contributed by atoms with Gasteiger partial charge in [-0.05, 0) is 39.4 Å². The third-order valence-corrected chi connectivity index (χ3v) is 2.89. The lowest BCUT2D eigenvalue weighted by Crippen LogP contribution is -2.12. The van der Waals surface area contributed by atoms with Crippen LogP contribution in [0.25, 0.3) is 0 Å². The van der Waals surface area contributed by atoms with E-state index >= 15 is 0 Å². The van der Waals surface area contributed by atoms with Crippen LogP contribution in [-0.2, 0) is 13.0 Å². The lowest BCUT2D eigenvalue weighted by Gasteiger charge is -2.11. The van der Waals surface area contributed by atoms with Crippen molar-refractivity contribution in [1.82, 2.24) is 15.0 Å². The Balaban J connectivity index is 2.38. The van der Waals surface area contributed by atoms with Crippen molar-refractivity contribution in [3.05, 3.63) is 11.7 Å². The average Bonchev–Trinajstić information content (AvgIpc) is 2.71. The van der Waals surface area contributed by atoms with Gasteiger partial charge in [0.05, 0.1) is 6.54 Å². The first-order chi connectivity index (χ1) is 8.15. The molecule has 1 rings (SSSR count). The van der Waals surface area contributed by atoms with Gasteiger partial charge in [-0.15, -0.1) is 0 Å². The molecule has 0 aliphatic rings. The molecule has 5 heteroatoms. The SMILES string of the molecule is CCC(CCN)CCc1nc(CN(C)C)no1. The number of nitrogens with zero attached hydrogens (tertiary/aromatic N) is 3. The predicted octanol–water partition coefficient (Wildman–Crippen LogP) is 1.44. The molecule has 5 nitrogen and oxygen atoms in total. The minimum Gasteiger partial charge on any atom is -0.339 e. The maximum absolute atomic E-state index is 5.58. The molecule has 0 aliphatic heterocycles. The fourth-order valence-electron chi connectivity index (χ4n) is 1.85. The van der Waals surface area contributed by atoms with Gasteiger partial charge in [0, 0.05) is 6.42 Å². The topological polar surface area (TPSA) is 68.2 Å². The van der Waals surface area contributed by atoms with Crippen LogP contribution in [0.4, 0.5) is 0 Å². The Kier molecular flexibility index (Phi) is 6.15. The second kappa shape index (κ2) is 7.40. The van der Waals surface area contributed by atoms with E-state index in [1.807, 2.05) is 19.0 Å². The first-order valence-electron chi connectivity index (χ1n) is 6.32. The molecule has 0 aliphatic carbocycles. The Morgan fingerprint density at radius 3 is 2.71 bits per heavy atom. The van der Waals surface area contributed by atoms with Gasteiger partial charge in [-0.3, -0.25) is 0 Å². The quantitative estimate of drug-likeness (QED) is 0.744. The molecule has 0 saturated carbocycles. The summed E-state index contributed by atoms with van der Waals surface area (Å²) in [6.07, 6.45) is 4.18. The number of aromatic nitrogens is 2. The molecule has 2 N–H and O–H groups in total. The molecule has 1 atom stereocenters. The monoisotopic (exact) mass is 240 g/mol. The minimum absolute atomic E-state index is 0.671. The van der Waals surface area contributed by atoms with Crippen LogP contribution in [0.2, 0.25) is 0 Å². The van der Waals surface area contributed by atoms with Crippen LogP contribution in [0.5, 0.6) is 0 Å². The molecule has 0 saturated heterocycles. The van der Waals surface area contributed by atoms with Gasteiger partial charge in [0.15, 0.2) is 5.82 Å². The number of hydrogen-bond acceptors (Lipinski definition) is 5. The third-order valence-electron chi connectivity index (χ3n) is 2.89. The first kappa shape index (κ1) is 14.1. The Morgan fingerprint density at radius 1 is 1.35 bits per heavy atom. The summed E-state index contributed by atoms with van der Waals surface area (Å²) in [4.78, 5) is 6.39. The molecule has 1 aromatic rings. The molecule has 1 heterocycles. The summed E-state index contributed by atoms with van der Waals surface area (Å²) >= 11 is 0. The lowest BCUT2D eigenvalue weighted by molar-refractivity contribution is 0.338. The Labute approximate surface area is 103 Å². The zero-order chi connectivity index (χ0) is 12.7. The summed E-state index contributed by atoms with van der Waals surface area (Å²) in [5.74, 6) is 2.18. The Hall–Kier alpha value is -0.940. The average molecular weight is 240 g/mol. The van der Waals surface area contributed by atoms with E-state index in [4.69, 9.17) is 10.3 Å². The van der Waals surface area contributed by atoms with Gasteiger partial charge in [0.1, 0.15) is 0 Å². The second-order valence-electron chi connectivity index (χ2n) is 4.73. The number of hydrogen-bond donors (Lipinski definition) is 1. The van der Waals surface area contributed by atoms with Crippen LogP contribution < -0.4 is 5.73 Å². The van der Waals surface area contributed by atoms with Gasteiger partial charge < -0.3 is 15.2 Å². The van der Waals surface area contributed by atoms with Crippen molar-refractivity contribution in [2.24, 2.45) is 11.7 Å². The molecule has 98 valence electrons. The summed E-state index contributed by atoms with van der Waals surface area (Å²) in [5.41, 5.74) is 5.58. The van der Waals surface area contributed by atoms with Crippen molar-refractivity contribution in [3.63, 3.8) is 0 Å². The van der Waals surface area contributed by atoms with Crippen LogP contribution in [0.15, 0.2) is 4.52 Å². The van der Waals surface area contributed by atoms with Crippen LogP contribution >= 0.6 is 0 Å². The van der Waals surface area contributed by atoms with Gasteiger partial charge in [-0.25, -0.2) is 0 Å². The summed E-state index contributed by atoms with van der Waals surface area (Å²) in [7, 11) is 3.98. The Morgan fingerprint density at radius 2 is 2.12 bits per heavy atom. The highest BCUT2D eigenvalue weighted by molar-refractivity contribution is 4.86. The molecular formula is C12H24N4O. The number of aryl methyl sites for hydroxylation is 1. The van der Waals surface area contributed by atoms with Gasteiger partial charge >= 0.3 is 0 Å². The van der Waals surface area contributed by atoms with Crippen molar-refractivity contribution in [2.75, 3.05) is 20.6 Å². The smallest absolute Gasteiger partial charge is 0.226 e. The maximum Gasteiger partial charge on any atom is 0.226 e. The van der Waals surface area contributed by atoms with Gasteiger partial charge in [0.2, 0.25) is 5.89 Å². The summed E-state index contributed by atoms with van der Waals surface area (Å²) in [5, 5.41) is 3.95. The van der Waals surface area contributed by atoms with Gasteiger partial charge in [0.25, 0.3) is 0 Å². The summed E-state index contributed by atoms with van der Waals surface area (Å²) < 4.78 is 5.22. The van der Waals surface area contributed by atoms with E-state index < -0.39 is 0 Å². The highest BCUT2D eigenvalue weighted by Gasteiger charge is 2.10. The molecule has 1 unspecified atom stereocenters. The highest BCUT2D eigenvalue weighted by Crippen LogP contribution is 2.15. The molecule has 0 radical (unpaired) electrons. The van der Waals surface area contributed by atoms with Gasteiger partial charge in [-0.2, -0.15) is 4.98 Å². The van der Waals surface area contributed by atoms with Crippen LogP contribution in [-0.4, -0.2) is 35.7 Å². The molecule has 0 bridgehead atoms. The molecule has 1 aromatic heterocycles. The molecule has 0 amide bonds. The van der Waals surface area contributed by atoms with Crippen molar-refractivity contribution in [3.8, 4) is 0 Å². The maximum atomic E-state index is 5.58. The zero-order valence-electron chi connectivity index (χ0n) is 11.1. The standard InChI is InChI=1S/C12H24N4O/c1-4-10(7-8-13)5-6-12-14-11(15-17-12)9-16(2)3/h10H,4-9,13H2,1-3H3. The zero-order valence-corrected chi connectivity index (χ0v) is 11.1. The van der Waals surface area contributed by atoms with E-state index in [1.54, 1.807) is 0 Å². The van der Waals surface area contributed by atoms with Crippen LogP contribution in [0.1, 0.15) is 37.9 Å². The lowest BCUT2D eigenvalue weighted by atomic mass is 9.97. The molecule has 0 fully saturated rings. The number of rotatable bonds is 8. The van der Waals surface area contributed by atoms with Crippen molar-refractivity contribution < 1.29 is 4.52 Å². The van der Waals surface area contributed by atoms with Crippen molar-refractivity contribution >= 4 is 0 Å². The second-order valence-corrected chi connectivity index (χ2v) is 4.73. The minimum atomic E-state index is 0.671. The number of nitrogens with two attached hydrogens (primary N) is 1. The van der Waals surface area contributed by atoms with E-state index in [9.17, 15) is 0 Å². The van der Waals surface area contributed by atoms with Crippen LogP contribution in [0, 0.1) is 5.92 Å². The largest absolute Gasteiger partial charge is 0.339 e. The highest BCUT2D eigenvalue weighted by atomic mass is 16.5. The molecule has 0 spiro atoms. The fourth-order valence-corrected chi connectivity index (χ4v) is 1.85. The van der Waals surface area contributed by atoms with Gasteiger partial charge in [-0.1, -0.05) is 18.5 Å². The summed E-state index contributed by atoms with van der Waals surface area (Å²) in [6.45, 7) is 3.68. The van der Waals surface area contributed by atoms with E-state index in [1.165, 1.54) is 0 Å².